The van der Waals surface area contributed by atoms with Crippen LogP contribution in [0, 0.1) is 0 Å². The van der Waals surface area contributed by atoms with E-state index in [2.05, 4.69) is 73.3 Å². The van der Waals surface area contributed by atoms with Crippen LogP contribution in [0.25, 0.3) is 21.5 Å². The summed E-state index contributed by atoms with van der Waals surface area (Å²) in [5.41, 5.74) is 0.995. The Kier molecular flexibility index (Phi) is 6.00. The zero-order valence-corrected chi connectivity index (χ0v) is 14.5. The Hall–Kier alpha value is -1.61. The maximum Gasteiger partial charge on any atom is 0.0917 e. The topological polar surface area (TPSA) is 23.5 Å². The fourth-order valence-electron chi connectivity index (χ4n) is 3.07. The summed E-state index contributed by atoms with van der Waals surface area (Å²) in [6.07, 6.45) is -0.434. The van der Waals surface area contributed by atoms with E-state index in [0.29, 0.717) is 6.54 Å². The van der Waals surface area contributed by atoms with Gasteiger partial charge in [0, 0.05) is 6.54 Å². The lowest BCUT2D eigenvalue weighted by atomic mass is 9.98. The van der Waals surface area contributed by atoms with Gasteiger partial charge in [-0.1, -0.05) is 62.4 Å². The van der Waals surface area contributed by atoms with Gasteiger partial charge in [-0.05, 0) is 46.3 Å². The molecule has 3 aromatic carbocycles. The van der Waals surface area contributed by atoms with Gasteiger partial charge < -0.3 is 10.0 Å². The Morgan fingerprint density at radius 2 is 1.52 bits per heavy atom. The van der Waals surface area contributed by atoms with Gasteiger partial charge in [0.2, 0.25) is 0 Å². The average molecular weight is 330 g/mol. The van der Waals surface area contributed by atoms with Crippen molar-refractivity contribution in [3.63, 3.8) is 0 Å². The van der Waals surface area contributed by atoms with Gasteiger partial charge in [0.25, 0.3) is 0 Å². The minimum Gasteiger partial charge on any atom is -0.387 e. The normalized spacial score (nSPS) is 12.5. The molecule has 0 spiro atoms. The zero-order chi connectivity index (χ0) is 15.5. The predicted octanol–water partition coefficient (Wildman–Crippen LogP) is 4.79. The van der Waals surface area contributed by atoms with E-state index >= 15 is 0 Å². The molecular weight excluding hydrogens is 306 g/mol. The van der Waals surface area contributed by atoms with E-state index in [9.17, 15) is 5.11 Å². The summed E-state index contributed by atoms with van der Waals surface area (Å²) in [7, 11) is 0. The van der Waals surface area contributed by atoms with E-state index < -0.39 is 6.10 Å². The van der Waals surface area contributed by atoms with Crippen molar-refractivity contribution in [2.24, 2.45) is 0 Å². The highest BCUT2D eigenvalue weighted by Gasteiger charge is 2.12. The van der Waals surface area contributed by atoms with Gasteiger partial charge >= 0.3 is 0 Å². The van der Waals surface area contributed by atoms with Crippen molar-refractivity contribution in [3.05, 3.63) is 60.2 Å². The van der Waals surface area contributed by atoms with Crippen molar-refractivity contribution in [3.8, 4) is 0 Å². The molecule has 23 heavy (non-hydrogen) atoms. The van der Waals surface area contributed by atoms with E-state index in [1.165, 1.54) is 21.5 Å². The van der Waals surface area contributed by atoms with Gasteiger partial charge in [0.15, 0.2) is 0 Å². The molecular formula is C20H24ClNO. The number of aliphatic hydroxyl groups excluding tert-OH is 1. The number of nitrogens with zero attached hydrogens (tertiary/aromatic N) is 1. The fraction of sp³-hybridized carbons (Fsp3) is 0.300. The summed E-state index contributed by atoms with van der Waals surface area (Å²) in [5.74, 6) is 0. The summed E-state index contributed by atoms with van der Waals surface area (Å²) in [6, 6.07) is 19.0. The molecule has 1 atom stereocenters. The summed E-state index contributed by atoms with van der Waals surface area (Å²) in [4.78, 5) is 2.25. The first-order valence-electron chi connectivity index (χ1n) is 8.04. The predicted molar refractivity (Wildman–Crippen MR) is 101 cm³/mol. The minimum atomic E-state index is -0.434. The summed E-state index contributed by atoms with van der Waals surface area (Å²) in [6.45, 7) is 6.87. The molecule has 0 bridgehead atoms. The third-order valence-corrected chi connectivity index (χ3v) is 4.48. The zero-order valence-electron chi connectivity index (χ0n) is 13.7. The van der Waals surface area contributed by atoms with Crippen LogP contribution < -0.4 is 0 Å². The Morgan fingerprint density at radius 1 is 0.870 bits per heavy atom. The van der Waals surface area contributed by atoms with E-state index in [1.54, 1.807) is 0 Å². The first kappa shape index (κ1) is 17.7. The van der Waals surface area contributed by atoms with Crippen LogP contribution in [0.3, 0.4) is 0 Å². The maximum absolute atomic E-state index is 10.5. The number of benzene rings is 3. The van der Waals surface area contributed by atoms with Gasteiger partial charge in [0.05, 0.1) is 6.10 Å². The first-order chi connectivity index (χ1) is 10.7. The van der Waals surface area contributed by atoms with Crippen LogP contribution in [-0.4, -0.2) is 29.6 Å². The number of hydrogen-bond acceptors (Lipinski definition) is 2. The smallest absolute Gasteiger partial charge is 0.0917 e. The quantitative estimate of drug-likeness (QED) is 0.680. The highest BCUT2D eigenvalue weighted by atomic mass is 35.5. The van der Waals surface area contributed by atoms with Crippen molar-refractivity contribution in [2.45, 2.75) is 20.0 Å². The molecule has 1 N–H and O–H groups in total. The molecule has 0 saturated heterocycles. The Bertz CT molecular complexity index is 783. The molecule has 3 heteroatoms. The van der Waals surface area contributed by atoms with Crippen molar-refractivity contribution >= 4 is 34.0 Å². The third kappa shape index (κ3) is 3.66. The number of hydrogen-bond donors (Lipinski definition) is 1. The van der Waals surface area contributed by atoms with Crippen LogP contribution in [0.2, 0.25) is 0 Å². The van der Waals surface area contributed by atoms with Crippen LogP contribution >= 0.6 is 12.4 Å². The van der Waals surface area contributed by atoms with Crippen LogP contribution in [0.15, 0.2) is 54.6 Å². The molecule has 1 unspecified atom stereocenters. The Balaban J connectivity index is 0.00000192. The third-order valence-electron chi connectivity index (χ3n) is 4.48. The largest absolute Gasteiger partial charge is 0.387 e. The highest BCUT2D eigenvalue weighted by Crippen LogP contribution is 2.28. The molecule has 3 aromatic rings. The Labute approximate surface area is 144 Å². The molecule has 0 heterocycles. The summed E-state index contributed by atoms with van der Waals surface area (Å²) >= 11 is 0. The molecule has 0 aliphatic carbocycles. The minimum absolute atomic E-state index is 0. The molecule has 0 aliphatic heterocycles. The van der Waals surface area contributed by atoms with E-state index in [0.717, 1.165) is 18.7 Å². The highest BCUT2D eigenvalue weighted by molar-refractivity contribution is 6.07. The van der Waals surface area contributed by atoms with Gasteiger partial charge in [0.1, 0.15) is 0 Å². The number of aliphatic hydroxyl groups is 1. The van der Waals surface area contributed by atoms with Crippen molar-refractivity contribution in [1.29, 1.82) is 0 Å². The number of likely N-dealkylation sites (N-methyl/N-ethyl adjacent to an activating group) is 1. The van der Waals surface area contributed by atoms with Crippen molar-refractivity contribution < 1.29 is 5.11 Å². The van der Waals surface area contributed by atoms with Crippen LogP contribution in [0.1, 0.15) is 25.5 Å². The van der Waals surface area contributed by atoms with E-state index in [1.807, 2.05) is 0 Å². The monoisotopic (exact) mass is 329 g/mol. The second kappa shape index (κ2) is 7.78. The number of fused-ring (bicyclic) bond motifs is 3. The molecule has 2 nitrogen and oxygen atoms in total. The van der Waals surface area contributed by atoms with Crippen LogP contribution in [0.4, 0.5) is 0 Å². The average Bonchev–Trinajstić information content (AvgIpc) is 2.58. The molecule has 0 amide bonds. The SMILES string of the molecule is CCN(CC)CC(O)c1ccc2c(ccc3ccccc32)c1.Cl. The van der Waals surface area contributed by atoms with Crippen LogP contribution in [0.5, 0.6) is 0 Å². The Morgan fingerprint density at radius 3 is 2.26 bits per heavy atom. The molecule has 0 aromatic heterocycles. The molecule has 0 radical (unpaired) electrons. The van der Waals surface area contributed by atoms with Gasteiger partial charge in [-0.2, -0.15) is 0 Å². The molecule has 0 aliphatic rings. The summed E-state index contributed by atoms with van der Waals surface area (Å²) in [5, 5.41) is 15.4. The second-order valence-corrected chi connectivity index (χ2v) is 5.77. The molecule has 3 rings (SSSR count). The number of rotatable bonds is 5. The molecule has 122 valence electrons. The lowest BCUT2D eigenvalue weighted by Crippen LogP contribution is -2.28. The lowest BCUT2D eigenvalue weighted by molar-refractivity contribution is 0.119. The van der Waals surface area contributed by atoms with Gasteiger partial charge in [-0.3, -0.25) is 0 Å². The van der Waals surface area contributed by atoms with E-state index in [4.69, 9.17) is 0 Å². The van der Waals surface area contributed by atoms with Gasteiger partial charge in [-0.25, -0.2) is 0 Å². The molecule has 0 fully saturated rings. The van der Waals surface area contributed by atoms with E-state index in [-0.39, 0.29) is 12.4 Å². The molecule has 0 saturated carbocycles. The number of halogens is 1. The van der Waals surface area contributed by atoms with Gasteiger partial charge in [-0.15, -0.1) is 12.4 Å². The fourth-order valence-corrected chi connectivity index (χ4v) is 3.07. The van der Waals surface area contributed by atoms with Crippen molar-refractivity contribution in [2.75, 3.05) is 19.6 Å². The van der Waals surface area contributed by atoms with Crippen molar-refractivity contribution in [1.82, 2.24) is 4.90 Å². The van der Waals surface area contributed by atoms with Crippen LogP contribution in [-0.2, 0) is 0 Å². The maximum atomic E-state index is 10.5. The first-order valence-corrected chi connectivity index (χ1v) is 8.04. The second-order valence-electron chi connectivity index (χ2n) is 5.77. The lowest BCUT2D eigenvalue weighted by Gasteiger charge is -2.22. The standard InChI is InChI=1S/C20H23NO.ClH/c1-3-21(4-2)14-20(22)17-11-12-19-16(13-17)10-9-15-7-5-6-8-18(15)19;/h5-13,20,22H,3-4,14H2,1-2H3;1H. The summed E-state index contributed by atoms with van der Waals surface area (Å²) < 4.78 is 0.